The van der Waals surface area contributed by atoms with Crippen molar-refractivity contribution in [3.63, 3.8) is 0 Å². The number of carbonyl (C=O) groups excluding carboxylic acids is 1. The first kappa shape index (κ1) is 14.2. The number of benzene rings is 1. The first-order valence-electron chi connectivity index (χ1n) is 7.76. The Balaban J connectivity index is 1.96. The van der Waals surface area contributed by atoms with Crippen LogP contribution in [0.4, 0.5) is 11.4 Å². The largest absolute Gasteiger partial charge is 0.399 e. The van der Waals surface area contributed by atoms with Gasteiger partial charge in [0.25, 0.3) is 5.91 Å². The Morgan fingerprint density at radius 2 is 2.33 bits per heavy atom. The fraction of sp³-hybridized carbons (Fsp3) is 0.562. The Bertz CT molecular complexity index is 532. The maximum atomic E-state index is 12.3. The molecule has 3 rings (SSSR count). The van der Waals surface area contributed by atoms with E-state index in [-0.39, 0.29) is 5.91 Å². The number of amides is 1. The molecule has 1 aromatic carbocycles. The van der Waals surface area contributed by atoms with Gasteiger partial charge in [0.05, 0.1) is 30.0 Å². The van der Waals surface area contributed by atoms with E-state index in [1.165, 1.54) is 6.42 Å². The monoisotopic (exact) mass is 289 g/mol. The van der Waals surface area contributed by atoms with Crippen LogP contribution in [0.3, 0.4) is 0 Å². The van der Waals surface area contributed by atoms with Crippen molar-refractivity contribution < 1.29 is 9.53 Å². The smallest absolute Gasteiger partial charge is 0.253 e. The molecule has 1 saturated heterocycles. The lowest BCUT2D eigenvalue weighted by atomic mass is 10.0. The van der Waals surface area contributed by atoms with Crippen molar-refractivity contribution in [3.8, 4) is 0 Å². The highest BCUT2D eigenvalue weighted by Crippen LogP contribution is 2.35. The second kappa shape index (κ2) is 5.93. The molecule has 2 atom stereocenters. The Morgan fingerprint density at radius 3 is 3.14 bits per heavy atom. The van der Waals surface area contributed by atoms with E-state index in [0.29, 0.717) is 36.5 Å². The molecule has 0 spiro atoms. The first-order chi connectivity index (χ1) is 10.2. The fourth-order valence-electron chi connectivity index (χ4n) is 3.46. The van der Waals surface area contributed by atoms with E-state index < -0.39 is 0 Å². The lowest BCUT2D eigenvalue weighted by Crippen LogP contribution is -2.49. The third-order valence-corrected chi connectivity index (χ3v) is 4.40. The van der Waals surface area contributed by atoms with Crippen molar-refractivity contribution in [3.05, 3.63) is 23.8 Å². The van der Waals surface area contributed by atoms with Crippen molar-refractivity contribution in [2.45, 2.75) is 38.3 Å². The molecule has 0 bridgehead atoms. The second-order valence-corrected chi connectivity index (χ2v) is 5.74. The van der Waals surface area contributed by atoms with Crippen LogP contribution in [0, 0.1) is 0 Å². The lowest BCUT2D eigenvalue weighted by Gasteiger charge is -2.40. The molecule has 5 nitrogen and oxygen atoms in total. The van der Waals surface area contributed by atoms with Gasteiger partial charge in [0.2, 0.25) is 0 Å². The van der Waals surface area contributed by atoms with Gasteiger partial charge in [0.1, 0.15) is 0 Å². The number of hydrogen-bond acceptors (Lipinski definition) is 4. The number of rotatable bonds is 3. The van der Waals surface area contributed by atoms with E-state index >= 15 is 0 Å². The van der Waals surface area contributed by atoms with Crippen LogP contribution in [0.1, 0.15) is 36.5 Å². The number of nitrogens with two attached hydrogens (primary N) is 1. The Hall–Kier alpha value is -1.75. The molecular formula is C16H23N3O2. The highest BCUT2D eigenvalue weighted by atomic mass is 16.5. The molecule has 0 aromatic heterocycles. The maximum absolute atomic E-state index is 12.3. The number of morpholine rings is 1. The first-order valence-corrected chi connectivity index (χ1v) is 7.76. The maximum Gasteiger partial charge on any atom is 0.253 e. The third kappa shape index (κ3) is 2.70. The predicted octanol–water partition coefficient (Wildman–Crippen LogP) is 1.78. The van der Waals surface area contributed by atoms with Crippen molar-refractivity contribution in [2.24, 2.45) is 0 Å². The fourth-order valence-corrected chi connectivity index (χ4v) is 3.46. The number of anilines is 2. The Kier molecular flexibility index (Phi) is 4.01. The second-order valence-electron chi connectivity index (χ2n) is 5.74. The summed E-state index contributed by atoms with van der Waals surface area (Å²) in [7, 11) is 0. The molecule has 2 aliphatic rings. The highest BCUT2D eigenvalue weighted by Gasteiger charge is 2.37. The van der Waals surface area contributed by atoms with Gasteiger partial charge in [-0.3, -0.25) is 4.79 Å². The zero-order chi connectivity index (χ0) is 14.8. The minimum Gasteiger partial charge on any atom is -0.399 e. The molecule has 0 radical (unpaired) electrons. The molecule has 5 heteroatoms. The minimum absolute atomic E-state index is 0.0338. The summed E-state index contributed by atoms with van der Waals surface area (Å²) in [4.78, 5) is 14.6. The van der Waals surface area contributed by atoms with E-state index in [0.717, 1.165) is 25.1 Å². The van der Waals surface area contributed by atoms with Crippen LogP contribution in [0.15, 0.2) is 18.2 Å². The number of hydrogen-bond donors (Lipinski definition) is 2. The van der Waals surface area contributed by atoms with Gasteiger partial charge in [-0.2, -0.15) is 0 Å². The van der Waals surface area contributed by atoms with E-state index in [1.54, 1.807) is 6.07 Å². The summed E-state index contributed by atoms with van der Waals surface area (Å²) in [5.74, 6) is -0.0338. The molecule has 3 N–H and O–H groups in total. The van der Waals surface area contributed by atoms with E-state index in [9.17, 15) is 4.79 Å². The normalized spacial score (nSPS) is 24.7. The number of carbonyl (C=O) groups is 1. The summed E-state index contributed by atoms with van der Waals surface area (Å²) in [5, 5.41) is 2.88. The molecule has 1 saturated carbocycles. The summed E-state index contributed by atoms with van der Waals surface area (Å²) in [6, 6.07) is 5.91. The van der Waals surface area contributed by atoms with Crippen LogP contribution < -0.4 is 16.0 Å². The van der Waals surface area contributed by atoms with Crippen molar-refractivity contribution >= 4 is 17.3 Å². The summed E-state index contributed by atoms with van der Waals surface area (Å²) in [5.41, 5.74) is 8.30. The molecule has 2 unspecified atom stereocenters. The van der Waals surface area contributed by atoms with E-state index in [1.807, 2.05) is 19.1 Å². The molecular weight excluding hydrogens is 266 g/mol. The van der Waals surface area contributed by atoms with Gasteiger partial charge in [-0.15, -0.1) is 0 Å². The summed E-state index contributed by atoms with van der Waals surface area (Å²) < 4.78 is 5.86. The Morgan fingerprint density at radius 1 is 1.48 bits per heavy atom. The van der Waals surface area contributed by atoms with Gasteiger partial charge >= 0.3 is 0 Å². The van der Waals surface area contributed by atoms with Crippen LogP contribution in [0.2, 0.25) is 0 Å². The molecule has 21 heavy (non-hydrogen) atoms. The molecule has 1 heterocycles. The average Bonchev–Trinajstić information content (AvgIpc) is 2.95. The molecule has 1 aliphatic carbocycles. The van der Waals surface area contributed by atoms with Crippen LogP contribution >= 0.6 is 0 Å². The number of nitrogens with zero attached hydrogens (tertiary/aromatic N) is 1. The lowest BCUT2D eigenvalue weighted by molar-refractivity contribution is 0.0255. The topological polar surface area (TPSA) is 67.6 Å². The summed E-state index contributed by atoms with van der Waals surface area (Å²) in [6.45, 7) is 4.08. The van der Waals surface area contributed by atoms with Crippen LogP contribution in [0.25, 0.3) is 0 Å². The van der Waals surface area contributed by atoms with Crippen LogP contribution in [-0.2, 0) is 4.74 Å². The van der Waals surface area contributed by atoms with Gasteiger partial charge in [0.15, 0.2) is 0 Å². The molecule has 1 aliphatic heterocycles. The minimum atomic E-state index is -0.0338. The number of ether oxygens (including phenoxy) is 1. The van der Waals surface area contributed by atoms with E-state index in [2.05, 4.69) is 10.2 Å². The van der Waals surface area contributed by atoms with Gasteiger partial charge in [-0.05, 0) is 44.4 Å². The van der Waals surface area contributed by atoms with Gasteiger partial charge in [0, 0.05) is 18.8 Å². The predicted molar refractivity (Wildman–Crippen MR) is 83.6 cm³/mol. The third-order valence-electron chi connectivity index (χ3n) is 4.40. The van der Waals surface area contributed by atoms with Gasteiger partial charge < -0.3 is 20.7 Å². The quantitative estimate of drug-likeness (QED) is 0.832. The molecule has 2 fully saturated rings. The average molecular weight is 289 g/mol. The van der Waals surface area contributed by atoms with Crippen LogP contribution in [0.5, 0.6) is 0 Å². The van der Waals surface area contributed by atoms with Gasteiger partial charge in [-0.25, -0.2) is 0 Å². The SMILES string of the molecule is CCNC(=O)c1ccc(N)cc1N1CCOC2CCCC21. The number of fused-ring (bicyclic) bond motifs is 1. The number of nitrogen functional groups attached to an aromatic ring is 1. The van der Waals surface area contributed by atoms with E-state index in [4.69, 9.17) is 10.5 Å². The molecule has 114 valence electrons. The van der Waals surface area contributed by atoms with Gasteiger partial charge in [-0.1, -0.05) is 0 Å². The zero-order valence-corrected chi connectivity index (χ0v) is 12.5. The summed E-state index contributed by atoms with van der Waals surface area (Å²) >= 11 is 0. The standard InChI is InChI=1S/C16H23N3O2/c1-2-18-16(20)12-7-6-11(17)10-14(12)19-8-9-21-15-5-3-4-13(15)19/h6-7,10,13,15H,2-5,8-9,17H2,1H3,(H,18,20). The van der Waals surface area contributed by atoms with Crippen molar-refractivity contribution in [1.29, 1.82) is 0 Å². The highest BCUT2D eigenvalue weighted by molar-refractivity contribution is 6.00. The molecule has 1 amide bonds. The summed E-state index contributed by atoms with van der Waals surface area (Å²) in [6.07, 6.45) is 3.71. The molecule has 1 aromatic rings. The zero-order valence-electron chi connectivity index (χ0n) is 12.5. The number of nitrogens with one attached hydrogen (secondary N) is 1. The Labute approximate surface area is 125 Å². The van der Waals surface area contributed by atoms with Crippen molar-refractivity contribution in [2.75, 3.05) is 30.3 Å². The van der Waals surface area contributed by atoms with Crippen LogP contribution in [-0.4, -0.2) is 37.7 Å². The van der Waals surface area contributed by atoms with Crippen molar-refractivity contribution in [1.82, 2.24) is 5.32 Å².